The fraction of sp³-hybridized carbons (Fsp3) is 0.286. The van der Waals surface area contributed by atoms with Gasteiger partial charge in [0, 0.05) is 10.9 Å². The van der Waals surface area contributed by atoms with Gasteiger partial charge in [-0.2, -0.15) is 0 Å². The summed E-state index contributed by atoms with van der Waals surface area (Å²) in [4.78, 5) is 1.33. The molecule has 1 nitrogen and oxygen atoms in total. The van der Waals surface area contributed by atoms with Gasteiger partial charge >= 0.3 is 0 Å². The highest BCUT2D eigenvalue weighted by Crippen LogP contribution is 2.33. The maximum Gasteiger partial charge on any atom is 0.0646 e. The summed E-state index contributed by atoms with van der Waals surface area (Å²) in [6.45, 7) is 2.14. The van der Waals surface area contributed by atoms with Crippen LogP contribution in [-0.4, -0.2) is 6.04 Å². The summed E-state index contributed by atoms with van der Waals surface area (Å²) in [5, 5.41) is 2.11. The molecule has 0 saturated carbocycles. The molecule has 1 heterocycles. The Balaban J connectivity index is 2.15. The minimum Gasteiger partial charge on any atom is -0.327 e. The molecule has 0 spiro atoms. The molecule has 1 aromatic carbocycles. The third-order valence-corrected chi connectivity index (χ3v) is 4.84. The van der Waals surface area contributed by atoms with Crippen LogP contribution < -0.4 is 5.73 Å². The number of nitrogens with two attached hydrogens (primary N) is 1. The van der Waals surface area contributed by atoms with E-state index >= 15 is 0 Å². The Bertz CT molecular complexity index is 451. The Kier molecular flexibility index (Phi) is 4.66. The molecule has 0 aliphatic heterocycles. The molecule has 0 aliphatic rings. The standard InChI is InChI=1S/C14H17NS2/c1-2-12(15)10-11-6-3-4-7-13(11)17-14-8-5-9-16-14/h3-9,12H,2,10,15H2,1H3. The van der Waals surface area contributed by atoms with E-state index in [-0.39, 0.29) is 6.04 Å². The van der Waals surface area contributed by atoms with Crippen LogP contribution in [0.25, 0.3) is 0 Å². The Morgan fingerprint density at radius 2 is 2.06 bits per heavy atom. The van der Waals surface area contributed by atoms with E-state index in [2.05, 4.69) is 48.7 Å². The van der Waals surface area contributed by atoms with E-state index in [1.807, 2.05) is 11.8 Å². The van der Waals surface area contributed by atoms with Crippen LogP contribution in [0.15, 0.2) is 50.9 Å². The quantitative estimate of drug-likeness (QED) is 0.875. The summed E-state index contributed by atoms with van der Waals surface area (Å²) in [7, 11) is 0. The molecule has 90 valence electrons. The van der Waals surface area contributed by atoms with E-state index in [0.717, 1.165) is 12.8 Å². The van der Waals surface area contributed by atoms with Crippen molar-refractivity contribution in [2.24, 2.45) is 5.73 Å². The summed E-state index contributed by atoms with van der Waals surface area (Å²) >= 11 is 3.62. The molecule has 0 saturated heterocycles. The molecule has 0 fully saturated rings. The van der Waals surface area contributed by atoms with E-state index in [1.165, 1.54) is 14.7 Å². The van der Waals surface area contributed by atoms with E-state index in [4.69, 9.17) is 5.73 Å². The lowest BCUT2D eigenvalue weighted by molar-refractivity contribution is 0.641. The molecular weight excluding hydrogens is 246 g/mol. The third kappa shape index (κ3) is 3.60. The maximum atomic E-state index is 6.04. The van der Waals surface area contributed by atoms with Crippen LogP contribution in [-0.2, 0) is 6.42 Å². The highest BCUT2D eigenvalue weighted by Gasteiger charge is 2.07. The first kappa shape index (κ1) is 12.7. The van der Waals surface area contributed by atoms with Gasteiger partial charge < -0.3 is 5.73 Å². The molecule has 1 aromatic heterocycles. The Morgan fingerprint density at radius 3 is 2.76 bits per heavy atom. The van der Waals surface area contributed by atoms with Gasteiger partial charge in [0.2, 0.25) is 0 Å². The van der Waals surface area contributed by atoms with E-state index < -0.39 is 0 Å². The monoisotopic (exact) mass is 263 g/mol. The van der Waals surface area contributed by atoms with Crippen molar-refractivity contribution in [2.45, 2.75) is 34.9 Å². The second-order valence-electron chi connectivity index (χ2n) is 4.01. The summed E-state index contributed by atoms with van der Waals surface area (Å²) in [6, 6.07) is 13.1. The largest absolute Gasteiger partial charge is 0.327 e. The van der Waals surface area contributed by atoms with Gasteiger partial charge in [-0.05, 0) is 35.9 Å². The molecule has 0 amide bonds. The van der Waals surface area contributed by atoms with Crippen molar-refractivity contribution in [2.75, 3.05) is 0 Å². The fourth-order valence-corrected chi connectivity index (χ4v) is 3.50. The first-order valence-electron chi connectivity index (χ1n) is 5.84. The number of hydrogen-bond donors (Lipinski definition) is 1. The smallest absolute Gasteiger partial charge is 0.0646 e. The predicted molar refractivity (Wildman–Crippen MR) is 76.9 cm³/mol. The molecule has 17 heavy (non-hydrogen) atoms. The van der Waals surface area contributed by atoms with E-state index in [9.17, 15) is 0 Å². The summed E-state index contributed by atoms with van der Waals surface area (Å²) < 4.78 is 1.34. The molecule has 1 unspecified atom stereocenters. The van der Waals surface area contributed by atoms with Crippen molar-refractivity contribution in [3.8, 4) is 0 Å². The van der Waals surface area contributed by atoms with Gasteiger partial charge in [-0.25, -0.2) is 0 Å². The number of hydrogen-bond acceptors (Lipinski definition) is 3. The Hall–Kier alpha value is -0.770. The van der Waals surface area contributed by atoms with Gasteiger partial charge in [0.1, 0.15) is 0 Å². The third-order valence-electron chi connectivity index (χ3n) is 2.68. The van der Waals surface area contributed by atoms with E-state index in [1.54, 1.807) is 11.3 Å². The lowest BCUT2D eigenvalue weighted by Gasteiger charge is -2.12. The van der Waals surface area contributed by atoms with Crippen LogP contribution in [0.5, 0.6) is 0 Å². The van der Waals surface area contributed by atoms with Gasteiger partial charge in [0.15, 0.2) is 0 Å². The van der Waals surface area contributed by atoms with Gasteiger partial charge in [0.25, 0.3) is 0 Å². The molecule has 3 heteroatoms. The lowest BCUT2D eigenvalue weighted by Crippen LogP contribution is -2.21. The average Bonchev–Trinajstić information content (AvgIpc) is 2.84. The number of benzene rings is 1. The van der Waals surface area contributed by atoms with E-state index in [0.29, 0.717) is 0 Å². The second-order valence-corrected chi connectivity index (χ2v) is 6.30. The zero-order valence-electron chi connectivity index (χ0n) is 9.93. The molecule has 2 aromatic rings. The van der Waals surface area contributed by atoms with Crippen LogP contribution in [0.2, 0.25) is 0 Å². The van der Waals surface area contributed by atoms with Crippen molar-refractivity contribution in [1.82, 2.24) is 0 Å². The molecule has 2 rings (SSSR count). The Morgan fingerprint density at radius 1 is 1.24 bits per heavy atom. The predicted octanol–water partition coefficient (Wildman–Crippen LogP) is 4.18. The highest BCUT2D eigenvalue weighted by molar-refractivity contribution is 8.01. The van der Waals surface area contributed by atoms with Crippen molar-refractivity contribution >= 4 is 23.1 Å². The SMILES string of the molecule is CCC(N)Cc1ccccc1Sc1cccs1. The summed E-state index contributed by atoms with van der Waals surface area (Å²) in [6.07, 6.45) is 1.99. The summed E-state index contributed by atoms with van der Waals surface area (Å²) in [5.74, 6) is 0. The van der Waals surface area contributed by atoms with Crippen LogP contribution in [0, 0.1) is 0 Å². The second kappa shape index (κ2) is 6.24. The molecule has 0 bridgehead atoms. The number of rotatable bonds is 5. The topological polar surface area (TPSA) is 26.0 Å². The molecule has 0 aliphatic carbocycles. The Labute approximate surface area is 111 Å². The highest BCUT2D eigenvalue weighted by atomic mass is 32.2. The van der Waals surface area contributed by atoms with Crippen molar-refractivity contribution < 1.29 is 0 Å². The van der Waals surface area contributed by atoms with Crippen molar-refractivity contribution in [3.63, 3.8) is 0 Å². The number of thiophene rings is 1. The van der Waals surface area contributed by atoms with Crippen LogP contribution in [0.3, 0.4) is 0 Å². The maximum absolute atomic E-state index is 6.04. The van der Waals surface area contributed by atoms with Crippen molar-refractivity contribution in [3.05, 3.63) is 47.3 Å². The normalized spacial score (nSPS) is 12.6. The average molecular weight is 263 g/mol. The lowest BCUT2D eigenvalue weighted by atomic mass is 10.1. The molecule has 1 atom stereocenters. The molecule has 0 radical (unpaired) electrons. The minimum atomic E-state index is 0.264. The first-order valence-corrected chi connectivity index (χ1v) is 7.54. The molecule has 2 N–H and O–H groups in total. The fourth-order valence-electron chi connectivity index (χ4n) is 1.63. The first-order chi connectivity index (χ1) is 8.29. The zero-order chi connectivity index (χ0) is 12.1. The van der Waals surface area contributed by atoms with Crippen LogP contribution in [0.4, 0.5) is 0 Å². The van der Waals surface area contributed by atoms with Crippen LogP contribution in [0.1, 0.15) is 18.9 Å². The van der Waals surface area contributed by atoms with Gasteiger partial charge in [0.05, 0.1) is 4.21 Å². The van der Waals surface area contributed by atoms with Crippen molar-refractivity contribution in [1.29, 1.82) is 0 Å². The summed E-state index contributed by atoms with van der Waals surface area (Å²) in [5.41, 5.74) is 7.40. The zero-order valence-corrected chi connectivity index (χ0v) is 11.6. The van der Waals surface area contributed by atoms with Gasteiger partial charge in [-0.3, -0.25) is 0 Å². The van der Waals surface area contributed by atoms with Crippen LogP contribution >= 0.6 is 23.1 Å². The van der Waals surface area contributed by atoms with Gasteiger partial charge in [-0.1, -0.05) is 43.0 Å². The van der Waals surface area contributed by atoms with Gasteiger partial charge in [-0.15, -0.1) is 11.3 Å². The minimum absolute atomic E-state index is 0.264. The molecular formula is C14H17NS2.